The van der Waals surface area contributed by atoms with E-state index >= 15 is 0 Å². The lowest BCUT2D eigenvalue weighted by atomic mass is 10.0. The van der Waals surface area contributed by atoms with Gasteiger partial charge in [0, 0.05) is 0 Å². The van der Waals surface area contributed by atoms with Crippen LogP contribution in [0.1, 0.15) is 26.3 Å². The Balaban J connectivity index is 2.62. The molecule has 0 heterocycles. The molecule has 0 saturated carbocycles. The van der Waals surface area contributed by atoms with Gasteiger partial charge >= 0.3 is 5.97 Å². The second-order valence-corrected chi connectivity index (χ2v) is 5.14. The minimum atomic E-state index is -1.05. The van der Waals surface area contributed by atoms with Crippen LogP contribution in [0.15, 0.2) is 24.3 Å². The predicted octanol–water partition coefficient (Wildman–Crippen LogP) is 1.99. The summed E-state index contributed by atoms with van der Waals surface area (Å²) in [5, 5.41) is 11.5. The highest BCUT2D eigenvalue weighted by atomic mass is 16.5. The fourth-order valence-electron chi connectivity index (χ4n) is 1.66. The van der Waals surface area contributed by atoms with Gasteiger partial charge in [0.15, 0.2) is 6.10 Å². The van der Waals surface area contributed by atoms with Crippen LogP contribution < -0.4 is 10.1 Å². The minimum absolute atomic E-state index is 0.192. The third-order valence-electron chi connectivity index (χ3n) is 2.93. The maximum Gasteiger partial charge on any atom is 0.326 e. The molecule has 0 spiro atoms. The number of ether oxygens (including phenoxy) is 1. The summed E-state index contributed by atoms with van der Waals surface area (Å²) in [6.45, 7) is 7.03. The van der Waals surface area contributed by atoms with Crippen molar-refractivity contribution in [2.75, 3.05) is 0 Å². The van der Waals surface area contributed by atoms with Crippen molar-refractivity contribution < 1.29 is 19.4 Å². The van der Waals surface area contributed by atoms with Crippen molar-refractivity contribution in [3.8, 4) is 5.75 Å². The molecule has 1 amide bonds. The molecule has 1 aromatic rings. The summed E-state index contributed by atoms with van der Waals surface area (Å²) in [7, 11) is 0. The number of aliphatic carboxylic acids is 1. The fraction of sp³-hybridized carbons (Fsp3) is 0.467. The monoisotopic (exact) mass is 279 g/mol. The van der Waals surface area contributed by atoms with Crippen molar-refractivity contribution in [3.05, 3.63) is 29.8 Å². The van der Waals surface area contributed by atoms with Gasteiger partial charge in [0.25, 0.3) is 5.91 Å². The van der Waals surface area contributed by atoms with Crippen LogP contribution in [0.5, 0.6) is 5.75 Å². The Hall–Kier alpha value is -2.04. The molecule has 0 saturated heterocycles. The van der Waals surface area contributed by atoms with E-state index in [4.69, 9.17) is 9.84 Å². The van der Waals surface area contributed by atoms with Gasteiger partial charge in [-0.1, -0.05) is 31.5 Å². The highest BCUT2D eigenvalue weighted by molar-refractivity contribution is 5.86. The molecule has 0 aliphatic carbocycles. The van der Waals surface area contributed by atoms with Crippen molar-refractivity contribution in [1.29, 1.82) is 0 Å². The Morgan fingerprint density at radius 2 is 1.70 bits per heavy atom. The number of hydrogen-bond acceptors (Lipinski definition) is 3. The highest BCUT2D eigenvalue weighted by Gasteiger charge is 2.26. The van der Waals surface area contributed by atoms with Gasteiger partial charge in [-0.05, 0) is 31.9 Å². The van der Waals surface area contributed by atoms with Crippen LogP contribution in [0.25, 0.3) is 0 Å². The zero-order chi connectivity index (χ0) is 15.3. The Bertz CT molecular complexity index is 467. The molecule has 0 aromatic heterocycles. The quantitative estimate of drug-likeness (QED) is 0.835. The van der Waals surface area contributed by atoms with E-state index in [1.54, 1.807) is 32.9 Å². The Morgan fingerprint density at radius 1 is 1.15 bits per heavy atom. The van der Waals surface area contributed by atoms with E-state index in [1.165, 1.54) is 0 Å². The van der Waals surface area contributed by atoms with Gasteiger partial charge in [-0.3, -0.25) is 4.79 Å². The largest absolute Gasteiger partial charge is 0.481 e. The summed E-state index contributed by atoms with van der Waals surface area (Å²) in [5.41, 5.74) is 1.10. The first-order valence-corrected chi connectivity index (χ1v) is 6.57. The summed E-state index contributed by atoms with van der Waals surface area (Å²) in [4.78, 5) is 23.0. The maximum absolute atomic E-state index is 11.9. The van der Waals surface area contributed by atoms with Gasteiger partial charge < -0.3 is 15.2 Å². The van der Waals surface area contributed by atoms with E-state index in [-0.39, 0.29) is 5.92 Å². The highest BCUT2D eigenvalue weighted by Crippen LogP contribution is 2.13. The third-order valence-corrected chi connectivity index (χ3v) is 2.93. The Labute approximate surface area is 118 Å². The van der Waals surface area contributed by atoms with Crippen LogP contribution in [0.2, 0.25) is 0 Å². The normalized spacial score (nSPS) is 13.7. The third kappa shape index (κ3) is 4.57. The van der Waals surface area contributed by atoms with Crippen LogP contribution >= 0.6 is 0 Å². The van der Waals surface area contributed by atoms with Gasteiger partial charge in [-0.2, -0.15) is 0 Å². The van der Waals surface area contributed by atoms with Crippen molar-refractivity contribution in [2.45, 2.75) is 39.8 Å². The van der Waals surface area contributed by atoms with Crippen LogP contribution in [-0.4, -0.2) is 29.1 Å². The molecule has 2 N–H and O–H groups in total. The molecule has 2 unspecified atom stereocenters. The molecular weight excluding hydrogens is 258 g/mol. The van der Waals surface area contributed by atoms with E-state index in [1.807, 2.05) is 19.1 Å². The Kier molecular flexibility index (Phi) is 5.55. The first kappa shape index (κ1) is 16.0. The topological polar surface area (TPSA) is 75.6 Å². The number of hydrogen-bond donors (Lipinski definition) is 2. The predicted molar refractivity (Wildman–Crippen MR) is 75.7 cm³/mol. The number of nitrogens with one attached hydrogen (secondary N) is 1. The fourth-order valence-corrected chi connectivity index (χ4v) is 1.66. The lowest BCUT2D eigenvalue weighted by Crippen LogP contribution is -2.48. The molecule has 1 aromatic carbocycles. The van der Waals surface area contributed by atoms with Gasteiger partial charge in [0.05, 0.1) is 0 Å². The molecule has 5 nitrogen and oxygen atoms in total. The number of benzene rings is 1. The first-order valence-electron chi connectivity index (χ1n) is 6.57. The summed E-state index contributed by atoms with van der Waals surface area (Å²) in [6, 6.07) is 6.40. The SMILES string of the molecule is Cc1ccc(OC(C)C(=O)NC(C(=O)O)C(C)C)cc1. The molecule has 5 heteroatoms. The molecule has 2 atom stereocenters. The van der Waals surface area contributed by atoms with Gasteiger partial charge in [-0.25, -0.2) is 4.79 Å². The van der Waals surface area contributed by atoms with Crippen LogP contribution in [-0.2, 0) is 9.59 Å². The Morgan fingerprint density at radius 3 is 2.15 bits per heavy atom. The molecule has 20 heavy (non-hydrogen) atoms. The molecular formula is C15H21NO4. The summed E-state index contributed by atoms with van der Waals surface area (Å²) >= 11 is 0. The molecule has 0 aliphatic rings. The molecule has 0 aliphatic heterocycles. The number of rotatable bonds is 6. The van der Waals surface area contributed by atoms with E-state index in [2.05, 4.69) is 5.32 Å². The standard InChI is InChI=1S/C15H21NO4/c1-9(2)13(15(18)19)16-14(17)11(4)20-12-7-5-10(3)6-8-12/h5-9,11,13H,1-4H3,(H,16,17)(H,18,19). The van der Waals surface area contributed by atoms with E-state index in [0.29, 0.717) is 5.75 Å². The van der Waals surface area contributed by atoms with Crippen LogP contribution in [0.3, 0.4) is 0 Å². The number of carboxylic acids is 1. The number of carboxylic acid groups (broad SMARTS) is 1. The van der Waals surface area contributed by atoms with E-state index < -0.39 is 24.0 Å². The smallest absolute Gasteiger partial charge is 0.326 e. The number of carbonyl (C=O) groups is 2. The van der Waals surface area contributed by atoms with Gasteiger partial charge in [0.1, 0.15) is 11.8 Å². The second-order valence-electron chi connectivity index (χ2n) is 5.14. The lowest BCUT2D eigenvalue weighted by Gasteiger charge is -2.21. The van der Waals surface area contributed by atoms with Crippen molar-refractivity contribution >= 4 is 11.9 Å². The van der Waals surface area contributed by atoms with E-state index in [0.717, 1.165) is 5.56 Å². The molecule has 0 fully saturated rings. The first-order chi connectivity index (χ1) is 9.31. The summed E-state index contributed by atoms with van der Waals surface area (Å²) in [5.74, 6) is -1.10. The lowest BCUT2D eigenvalue weighted by molar-refractivity contribution is -0.144. The zero-order valence-corrected chi connectivity index (χ0v) is 12.2. The van der Waals surface area contributed by atoms with Crippen molar-refractivity contribution in [3.63, 3.8) is 0 Å². The van der Waals surface area contributed by atoms with Crippen LogP contribution in [0.4, 0.5) is 0 Å². The molecule has 0 bridgehead atoms. The van der Waals surface area contributed by atoms with Gasteiger partial charge in [0.2, 0.25) is 0 Å². The summed E-state index contributed by atoms with van der Waals surface area (Å²) in [6.07, 6.45) is -0.752. The average Bonchev–Trinajstić information content (AvgIpc) is 2.37. The van der Waals surface area contributed by atoms with Gasteiger partial charge in [-0.15, -0.1) is 0 Å². The van der Waals surface area contributed by atoms with Crippen LogP contribution in [0, 0.1) is 12.8 Å². The second kappa shape index (κ2) is 6.93. The van der Waals surface area contributed by atoms with Crippen molar-refractivity contribution in [1.82, 2.24) is 5.32 Å². The average molecular weight is 279 g/mol. The number of aryl methyl sites for hydroxylation is 1. The molecule has 1 rings (SSSR count). The number of carbonyl (C=O) groups excluding carboxylic acids is 1. The molecule has 0 radical (unpaired) electrons. The summed E-state index contributed by atoms with van der Waals surface area (Å²) < 4.78 is 5.49. The zero-order valence-electron chi connectivity index (χ0n) is 12.2. The van der Waals surface area contributed by atoms with E-state index in [9.17, 15) is 9.59 Å². The maximum atomic E-state index is 11.9. The minimum Gasteiger partial charge on any atom is -0.481 e. The van der Waals surface area contributed by atoms with Crippen molar-refractivity contribution in [2.24, 2.45) is 5.92 Å². The number of amides is 1. The molecule has 110 valence electrons.